The van der Waals surface area contributed by atoms with Crippen molar-refractivity contribution >= 4 is 23.4 Å². The number of urea groups is 1. The number of rotatable bonds is 3. The van der Waals surface area contributed by atoms with Gasteiger partial charge >= 0.3 is 12.0 Å². The van der Waals surface area contributed by atoms with Crippen LogP contribution in [0.1, 0.15) is 42.5 Å². The van der Waals surface area contributed by atoms with Gasteiger partial charge in [0.15, 0.2) is 0 Å². The molecule has 0 radical (unpaired) electrons. The van der Waals surface area contributed by atoms with Gasteiger partial charge in [0, 0.05) is 13.1 Å². The normalized spacial score (nSPS) is 15.5. The van der Waals surface area contributed by atoms with Crippen molar-refractivity contribution in [2.75, 3.05) is 17.7 Å². The number of benzene rings is 1. The highest BCUT2D eigenvalue weighted by molar-refractivity contribution is 5.97. The second-order valence-corrected chi connectivity index (χ2v) is 5.42. The van der Waals surface area contributed by atoms with Crippen LogP contribution in [0.5, 0.6) is 0 Å². The highest BCUT2D eigenvalue weighted by atomic mass is 16.4. The Balaban J connectivity index is 2.06. The number of nitrogens with one attached hydrogen (secondary N) is 1. The minimum atomic E-state index is -1.04. The zero-order valence-corrected chi connectivity index (χ0v) is 12.1. The van der Waals surface area contributed by atoms with Gasteiger partial charge in [0.1, 0.15) is 0 Å². The molecule has 6 nitrogen and oxygen atoms in total. The quantitative estimate of drug-likeness (QED) is 0.745. The van der Waals surface area contributed by atoms with Crippen molar-refractivity contribution in [3.05, 3.63) is 23.8 Å². The average molecular weight is 291 g/mol. The first-order chi connectivity index (χ1) is 9.99. The molecule has 1 aromatic carbocycles. The Kier molecular flexibility index (Phi) is 4.67. The molecule has 1 saturated carbocycles. The second kappa shape index (κ2) is 6.47. The summed E-state index contributed by atoms with van der Waals surface area (Å²) in [6.07, 6.45) is 5.53. The van der Waals surface area contributed by atoms with Crippen LogP contribution in [0.25, 0.3) is 0 Å². The number of carbonyl (C=O) groups is 2. The smallest absolute Gasteiger partial charge is 0.335 e. The highest BCUT2D eigenvalue weighted by Gasteiger charge is 2.20. The Morgan fingerprint density at radius 1 is 1.29 bits per heavy atom. The van der Waals surface area contributed by atoms with Crippen molar-refractivity contribution in [1.82, 2.24) is 5.32 Å². The molecular formula is C15H21N3O3. The molecule has 1 fully saturated rings. The van der Waals surface area contributed by atoms with Crippen molar-refractivity contribution in [2.24, 2.45) is 0 Å². The fourth-order valence-corrected chi connectivity index (χ4v) is 2.62. The lowest BCUT2D eigenvalue weighted by Gasteiger charge is -2.26. The SMILES string of the molecule is CN(C(=O)NC1CCCCC1)c1ccc(C(=O)O)cc1N. The van der Waals surface area contributed by atoms with E-state index in [9.17, 15) is 9.59 Å². The number of carbonyl (C=O) groups excluding carboxylic acids is 1. The molecule has 1 aliphatic rings. The van der Waals surface area contributed by atoms with E-state index in [1.54, 1.807) is 13.1 Å². The Hall–Kier alpha value is -2.24. The van der Waals surface area contributed by atoms with Gasteiger partial charge in [-0.15, -0.1) is 0 Å². The average Bonchev–Trinajstić information content (AvgIpc) is 2.47. The van der Waals surface area contributed by atoms with Gasteiger partial charge in [-0.1, -0.05) is 19.3 Å². The molecule has 2 amide bonds. The maximum absolute atomic E-state index is 12.2. The molecule has 0 heterocycles. The molecule has 0 bridgehead atoms. The number of aromatic carboxylic acids is 1. The van der Waals surface area contributed by atoms with Crippen LogP contribution >= 0.6 is 0 Å². The molecule has 21 heavy (non-hydrogen) atoms. The van der Waals surface area contributed by atoms with Crippen molar-refractivity contribution in [3.8, 4) is 0 Å². The Morgan fingerprint density at radius 3 is 2.52 bits per heavy atom. The lowest BCUT2D eigenvalue weighted by Crippen LogP contribution is -2.44. The van der Waals surface area contributed by atoms with E-state index >= 15 is 0 Å². The molecule has 114 valence electrons. The monoisotopic (exact) mass is 291 g/mol. The van der Waals surface area contributed by atoms with Crippen LogP contribution in [0.4, 0.5) is 16.2 Å². The fourth-order valence-electron chi connectivity index (χ4n) is 2.62. The van der Waals surface area contributed by atoms with Crippen molar-refractivity contribution in [3.63, 3.8) is 0 Å². The van der Waals surface area contributed by atoms with Crippen LogP contribution < -0.4 is 16.0 Å². The molecule has 0 atom stereocenters. The summed E-state index contributed by atoms with van der Waals surface area (Å²) in [5.41, 5.74) is 6.74. The third-order valence-corrected chi connectivity index (χ3v) is 3.87. The molecule has 0 aromatic heterocycles. The topological polar surface area (TPSA) is 95.7 Å². The molecule has 1 aromatic rings. The Morgan fingerprint density at radius 2 is 1.95 bits per heavy atom. The molecule has 0 saturated heterocycles. The number of nitrogens with two attached hydrogens (primary N) is 1. The number of nitrogens with zero attached hydrogens (tertiary/aromatic N) is 1. The van der Waals surface area contributed by atoms with E-state index in [-0.39, 0.29) is 23.3 Å². The summed E-state index contributed by atoms with van der Waals surface area (Å²) in [5.74, 6) is -1.04. The van der Waals surface area contributed by atoms with E-state index < -0.39 is 5.97 Å². The molecule has 2 rings (SSSR count). The maximum Gasteiger partial charge on any atom is 0.335 e. The number of hydrogen-bond donors (Lipinski definition) is 3. The van der Waals surface area contributed by atoms with E-state index in [2.05, 4.69) is 5.32 Å². The van der Waals surface area contributed by atoms with Crippen LogP contribution in [0, 0.1) is 0 Å². The summed E-state index contributed by atoms with van der Waals surface area (Å²) in [4.78, 5) is 24.5. The summed E-state index contributed by atoms with van der Waals surface area (Å²) >= 11 is 0. The third-order valence-electron chi connectivity index (χ3n) is 3.87. The van der Waals surface area contributed by atoms with E-state index in [4.69, 9.17) is 10.8 Å². The molecule has 0 unspecified atom stereocenters. The summed E-state index contributed by atoms with van der Waals surface area (Å²) < 4.78 is 0. The number of amides is 2. The van der Waals surface area contributed by atoms with E-state index in [0.29, 0.717) is 5.69 Å². The zero-order chi connectivity index (χ0) is 15.4. The number of carboxylic acids is 1. The minimum Gasteiger partial charge on any atom is -0.478 e. The van der Waals surface area contributed by atoms with E-state index in [0.717, 1.165) is 25.7 Å². The number of carboxylic acid groups (broad SMARTS) is 1. The molecule has 4 N–H and O–H groups in total. The van der Waals surface area contributed by atoms with E-state index in [1.807, 2.05) is 0 Å². The lowest BCUT2D eigenvalue weighted by molar-refractivity contribution is 0.0697. The van der Waals surface area contributed by atoms with Crippen LogP contribution in [0.2, 0.25) is 0 Å². The van der Waals surface area contributed by atoms with Crippen molar-refractivity contribution in [1.29, 1.82) is 0 Å². The summed E-state index contributed by atoms with van der Waals surface area (Å²) in [6, 6.07) is 4.37. The van der Waals surface area contributed by atoms with Crippen LogP contribution in [-0.2, 0) is 0 Å². The van der Waals surface area contributed by atoms with Gasteiger partial charge < -0.3 is 16.2 Å². The predicted octanol–water partition coefficient (Wildman–Crippen LogP) is 2.45. The minimum absolute atomic E-state index is 0.109. The Bertz CT molecular complexity index is 539. The van der Waals surface area contributed by atoms with Crippen LogP contribution in [0.3, 0.4) is 0 Å². The van der Waals surface area contributed by atoms with Crippen molar-refractivity contribution < 1.29 is 14.7 Å². The van der Waals surface area contributed by atoms with Gasteiger partial charge in [-0.05, 0) is 31.0 Å². The Labute approximate surface area is 123 Å². The van der Waals surface area contributed by atoms with Crippen molar-refractivity contribution in [2.45, 2.75) is 38.1 Å². The lowest BCUT2D eigenvalue weighted by atomic mass is 9.96. The van der Waals surface area contributed by atoms with Gasteiger partial charge in [-0.3, -0.25) is 4.90 Å². The van der Waals surface area contributed by atoms with Gasteiger partial charge in [-0.25, -0.2) is 9.59 Å². The molecule has 6 heteroatoms. The van der Waals surface area contributed by atoms with Crippen LogP contribution in [0.15, 0.2) is 18.2 Å². The van der Waals surface area contributed by atoms with Gasteiger partial charge in [0.2, 0.25) is 0 Å². The van der Waals surface area contributed by atoms with Crippen LogP contribution in [-0.4, -0.2) is 30.2 Å². The third kappa shape index (κ3) is 3.65. The maximum atomic E-state index is 12.2. The fraction of sp³-hybridized carbons (Fsp3) is 0.467. The second-order valence-electron chi connectivity index (χ2n) is 5.42. The number of hydrogen-bond acceptors (Lipinski definition) is 3. The van der Waals surface area contributed by atoms with Gasteiger partial charge in [-0.2, -0.15) is 0 Å². The standard InChI is InChI=1S/C15H21N3O3/c1-18(15(21)17-11-5-3-2-4-6-11)13-8-7-10(14(19)20)9-12(13)16/h7-9,11H,2-6,16H2,1H3,(H,17,21)(H,19,20). The first kappa shape index (κ1) is 15.2. The number of nitrogen functional groups attached to an aromatic ring is 1. The first-order valence-corrected chi connectivity index (χ1v) is 7.16. The highest BCUT2D eigenvalue weighted by Crippen LogP contribution is 2.24. The molecular weight excluding hydrogens is 270 g/mol. The summed E-state index contributed by atoms with van der Waals surface area (Å²) in [5, 5.41) is 11.9. The molecule has 0 aliphatic heterocycles. The zero-order valence-electron chi connectivity index (χ0n) is 12.1. The van der Waals surface area contributed by atoms with Gasteiger partial charge in [0.25, 0.3) is 0 Å². The molecule has 1 aliphatic carbocycles. The summed E-state index contributed by atoms with van der Waals surface area (Å²) in [7, 11) is 1.63. The van der Waals surface area contributed by atoms with Gasteiger partial charge in [0.05, 0.1) is 16.9 Å². The first-order valence-electron chi connectivity index (χ1n) is 7.16. The summed E-state index contributed by atoms with van der Waals surface area (Å²) in [6.45, 7) is 0. The number of anilines is 2. The molecule has 0 spiro atoms. The largest absolute Gasteiger partial charge is 0.478 e. The predicted molar refractivity (Wildman–Crippen MR) is 81.6 cm³/mol. The van der Waals surface area contributed by atoms with E-state index in [1.165, 1.54) is 23.5 Å².